The summed E-state index contributed by atoms with van der Waals surface area (Å²) in [6.07, 6.45) is 0. The number of halogens is 1. The highest BCUT2D eigenvalue weighted by Crippen LogP contribution is 2.32. The smallest absolute Gasteiger partial charge is 0.263 e. The molecule has 2 aliphatic rings. The van der Waals surface area contributed by atoms with Crippen LogP contribution in [-0.2, 0) is 14.4 Å². The number of anilines is 2. The number of carbonyl (C=O) groups is 3. The largest absolute Gasteiger partial charge is 0.324 e. The maximum absolute atomic E-state index is 13.0. The summed E-state index contributed by atoms with van der Waals surface area (Å²) in [4.78, 5) is 39.3. The van der Waals surface area contributed by atoms with Crippen molar-refractivity contribution in [2.24, 2.45) is 10.3 Å². The SMILES string of the molecule is Cc1ccc(N2C(=O)[C@@H]3[C@@H](N=NN3CC(=O)Nc3ccc(Br)cc3)C2=O)cc1C. The second kappa shape index (κ2) is 7.40. The fourth-order valence-corrected chi connectivity index (χ4v) is 3.62. The number of imide groups is 1. The van der Waals surface area contributed by atoms with Crippen LogP contribution in [0.25, 0.3) is 0 Å². The molecule has 2 aromatic rings. The van der Waals surface area contributed by atoms with Crippen LogP contribution in [0.1, 0.15) is 11.1 Å². The lowest BCUT2D eigenvalue weighted by atomic mass is 10.1. The topological polar surface area (TPSA) is 94.4 Å². The van der Waals surface area contributed by atoms with Crippen molar-refractivity contribution in [3.8, 4) is 0 Å². The van der Waals surface area contributed by atoms with Crippen molar-refractivity contribution in [3.63, 3.8) is 0 Å². The minimum Gasteiger partial charge on any atom is -0.324 e. The van der Waals surface area contributed by atoms with E-state index in [2.05, 4.69) is 31.6 Å². The maximum Gasteiger partial charge on any atom is 0.263 e. The van der Waals surface area contributed by atoms with Crippen molar-refractivity contribution >= 4 is 45.0 Å². The van der Waals surface area contributed by atoms with E-state index in [0.717, 1.165) is 20.5 Å². The number of hydrogen-bond acceptors (Lipinski definition) is 6. The standard InChI is InChI=1S/C20H18BrN5O3/c1-11-3-8-15(9-12(11)2)26-19(28)17-18(20(26)29)25(24-23-17)10-16(27)22-14-6-4-13(21)5-7-14/h3-9,17-18H,10H2,1-2H3,(H,22,27)/t17-,18+/m1/s1. The summed E-state index contributed by atoms with van der Waals surface area (Å²) < 4.78 is 0.896. The van der Waals surface area contributed by atoms with E-state index in [9.17, 15) is 14.4 Å². The molecule has 1 saturated heterocycles. The van der Waals surface area contributed by atoms with Crippen molar-refractivity contribution < 1.29 is 14.4 Å². The highest BCUT2D eigenvalue weighted by molar-refractivity contribution is 9.10. The lowest BCUT2D eigenvalue weighted by molar-refractivity contribution is -0.123. The van der Waals surface area contributed by atoms with Crippen LogP contribution in [0.5, 0.6) is 0 Å². The van der Waals surface area contributed by atoms with Crippen LogP contribution in [-0.4, -0.2) is 41.4 Å². The molecule has 0 saturated carbocycles. The molecule has 2 aromatic carbocycles. The average Bonchev–Trinajstić information content (AvgIpc) is 3.20. The number of nitrogens with zero attached hydrogens (tertiary/aromatic N) is 4. The van der Waals surface area contributed by atoms with E-state index < -0.39 is 23.9 Å². The van der Waals surface area contributed by atoms with Crippen molar-refractivity contribution in [3.05, 3.63) is 58.1 Å². The Bertz CT molecular complexity index is 1040. The van der Waals surface area contributed by atoms with Gasteiger partial charge in [-0.1, -0.05) is 27.2 Å². The van der Waals surface area contributed by atoms with Gasteiger partial charge in [-0.15, -0.1) is 0 Å². The lowest BCUT2D eigenvalue weighted by Crippen LogP contribution is -2.43. The molecule has 0 spiro atoms. The second-order valence-corrected chi connectivity index (χ2v) is 7.94. The summed E-state index contributed by atoms with van der Waals surface area (Å²) in [5.74, 6) is -1.20. The van der Waals surface area contributed by atoms with Gasteiger partial charge < -0.3 is 5.32 Å². The number of hydrogen-bond donors (Lipinski definition) is 1. The average molecular weight is 456 g/mol. The Morgan fingerprint density at radius 3 is 2.48 bits per heavy atom. The molecule has 0 aromatic heterocycles. The van der Waals surface area contributed by atoms with Crippen LogP contribution in [0.4, 0.5) is 11.4 Å². The Labute approximate surface area is 175 Å². The predicted octanol–water partition coefficient (Wildman–Crippen LogP) is 3.00. The molecule has 0 aliphatic carbocycles. The van der Waals surface area contributed by atoms with Crippen molar-refractivity contribution in [1.82, 2.24) is 5.01 Å². The van der Waals surface area contributed by atoms with E-state index in [1.165, 1.54) is 5.01 Å². The third kappa shape index (κ3) is 3.53. The van der Waals surface area contributed by atoms with Gasteiger partial charge in [0.25, 0.3) is 11.8 Å². The van der Waals surface area contributed by atoms with Crippen molar-refractivity contribution in [1.29, 1.82) is 0 Å². The fourth-order valence-electron chi connectivity index (χ4n) is 3.35. The monoisotopic (exact) mass is 455 g/mol. The van der Waals surface area contributed by atoms with Crippen LogP contribution >= 0.6 is 15.9 Å². The molecule has 0 unspecified atom stereocenters. The van der Waals surface area contributed by atoms with E-state index in [1.54, 1.807) is 24.3 Å². The molecule has 8 nitrogen and oxygen atoms in total. The second-order valence-electron chi connectivity index (χ2n) is 7.03. The van der Waals surface area contributed by atoms with Crippen LogP contribution in [0.3, 0.4) is 0 Å². The highest BCUT2D eigenvalue weighted by atomic mass is 79.9. The molecule has 4 rings (SSSR count). The number of carbonyl (C=O) groups excluding carboxylic acids is 3. The zero-order chi connectivity index (χ0) is 20.7. The van der Waals surface area contributed by atoms with Gasteiger partial charge in [0.1, 0.15) is 6.54 Å². The van der Waals surface area contributed by atoms with Gasteiger partial charge in [0, 0.05) is 10.2 Å². The van der Waals surface area contributed by atoms with Crippen molar-refractivity contribution in [2.45, 2.75) is 25.9 Å². The van der Waals surface area contributed by atoms with Crippen LogP contribution in [0.2, 0.25) is 0 Å². The van der Waals surface area contributed by atoms with Crippen molar-refractivity contribution in [2.75, 3.05) is 16.8 Å². The summed E-state index contributed by atoms with van der Waals surface area (Å²) in [7, 11) is 0. The fraction of sp³-hybridized carbons (Fsp3) is 0.250. The van der Waals surface area contributed by atoms with E-state index in [-0.39, 0.29) is 12.5 Å². The molecule has 1 fully saturated rings. The molecule has 2 aliphatic heterocycles. The first-order valence-electron chi connectivity index (χ1n) is 9.03. The van der Waals surface area contributed by atoms with E-state index in [4.69, 9.17) is 0 Å². The quantitative estimate of drug-likeness (QED) is 0.716. The first-order chi connectivity index (χ1) is 13.8. The van der Waals surface area contributed by atoms with E-state index in [0.29, 0.717) is 11.4 Å². The Morgan fingerprint density at radius 1 is 1.07 bits per heavy atom. The molecule has 2 heterocycles. The van der Waals surface area contributed by atoms with Gasteiger partial charge in [-0.2, -0.15) is 5.11 Å². The summed E-state index contributed by atoms with van der Waals surface area (Å²) in [6.45, 7) is 3.70. The van der Waals surface area contributed by atoms with Gasteiger partial charge >= 0.3 is 0 Å². The lowest BCUT2D eigenvalue weighted by Gasteiger charge is -2.20. The molecule has 2 atom stereocenters. The molecule has 148 valence electrons. The Kier molecular flexibility index (Phi) is 4.91. The van der Waals surface area contributed by atoms with Gasteiger partial charge in [-0.3, -0.25) is 19.4 Å². The zero-order valence-corrected chi connectivity index (χ0v) is 17.4. The van der Waals surface area contributed by atoms with Gasteiger partial charge in [0.2, 0.25) is 5.91 Å². The van der Waals surface area contributed by atoms with Gasteiger partial charge in [-0.25, -0.2) is 4.90 Å². The molecular weight excluding hydrogens is 438 g/mol. The highest BCUT2D eigenvalue weighted by Gasteiger charge is 2.55. The number of amides is 3. The normalized spacial score (nSPS) is 20.4. The van der Waals surface area contributed by atoms with E-state index >= 15 is 0 Å². The molecular formula is C20H18BrN5O3. The summed E-state index contributed by atoms with van der Waals surface area (Å²) in [5, 5.41) is 11.9. The maximum atomic E-state index is 13.0. The first kappa shape index (κ1) is 19.3. The summed E-state index contributed by atoms with van der Waals surface area (Å²) in [6, 6.07) is 10.7. The first-order valence-corrected chi connectivity index (χ1v) is 9.82. The third-order valence-corrected chi connectivity index (χ3v) is 5.57. The van der Waals surface area contributed by atoms with E-state index in [1.807, 2.05) is 32.0 Å². The summed E-state index contributed by atoms with van der Waals surface area (Å²) in [5.41, 5.74) is 3.18. The minimum absolute atomic E-state index is 0.180. The minimum atomic E-state index is -0.926. The number of fused-ring (bicyclic) bond motifs is 1. The van der Waals surface area contributed by atoms with Crippen LogP contribution in [0.15, 0.2) is 57.3 Å². The molecule has 0 bridgehead atoms. The molecule has 0 radical (unpaired) electrons. The number of rotatable bonds is 4. The molecule has 1 N–H and O–H groups in total. The number of benzene rings is 2. The Morgan fingerprint density at radius 2 is 1.79 bits per heavy atom. The molecule has 3 amide bonds. The number of aryl methyl sites for hydroxylation is 2. The molecule has 9 heteroatoms. The Hall–Kier alpha value is -3.07. The van der Waals surface area contributed by atoms with Gasteiger partial charge in [0.15, 0.2) is 12.1 Å². The van der Waals surface area contributed by atoms with Gasteiger partial charge in [0.05, 0.1) is 5.69 Å². The Balaban J connectivity index is 1.49. The molecule has 29 heavy (non-hydrogen) atoms. The zero-order valence-electron chi connectivity index (χ0n) is 15.8. The third-order valence-electron chi connectivity index (χ3n) is 5.04. The predicted molar refractivity (Wildman–Crippen MR) is 110 cm³/mol. The number of nitrogens with one attached hydrogen (secondary N) is 1. The van der Waals surface area contributed by atoms with Gasteiger partial charge in [-0.05, 0) is 61.4 Å². The van der Waals surface area contributed by atoms with Crippen LogP contribution < -0.4 is 10.2 Å². The summed E-state index contributed by atoms with van der Waals surface area (Å²) >= 11 is 3.34. The van der Waals surface area contributed by atoms with Crippen LogP contribution in [0, 0.1) is 13.8 Å².